The molecule has 2 rings (SSSR count). The standard InChI is InChI=1S/C9H7Cl2N3O3S/c10-5-1-7(11)9(8(12)2-5)18(15,16)14-6-3-13-17-4-6/h1-4,14H,12H2. The van der Waals surface area contributed by atoms with Gasteiger partial charge in [0.25, 0.3) is 10.0 Å². The minimum absolute atomic E-state index is 0.0449. The maximum absolute atomic E-state index is 12.1. The van der Waals surface area contributed by atoms with Gasteiger partial charge in [-0.05, 0) is 12.1 Å². The predicted octanol–water partition coefficient (Wildman–Crippen LogP) is 2.36. The van der Waals surface area contributed by atoms with Crippen molar-refractivity contribution in [1.82, 2.24) is 5.16 Å². The Balaban J connectivity index is 2.48. The fraction of sp³-hybridized carbons (Fsp3) is 0. The van der Waals surface area contributed by atoms with Crippen LogP contribution in [0.5, 0.6) is 0 Å². The van der Waals surface area contributed by atoms with Crippen LogP contribution in [0.2, 0.25) is 10.0 Å². The monoisotopic (exact) mass is 307 g/mol. The van der Waals surface area contributed by atoms with Gasteiger partial charge in [0.05, 0.1) is 16.9 Å². The molecule has 0 amide bonds. The molecule has 0 radical (unpaired) electrons. The summed E-state index contributed by atoms with van der Waals surface area (Å²) in [5.74, 6) is 0. The number of nitrogens with one attached hydrogen (secondary N) is 1. The van der Waals surface area contributed by atoms with Crippen molar-refractivity contribution < 1.29 is 12.9 Å². The Hall–Kier alpha value is -1.44. The molecule has 1 aromatic carbocycles. The van der Waals surface area contributed by atoms with Crippen molar-refractivity contribution in [3.63, 3.8) is 0 Å². The van der Waals surface area contributed by atoms with E-state index in [-0.39, 0.29) is 26.3 Å². The van der Waals surface area contributed by atoms with Gasteiger partial charge in [-0.15, -0.1) is 0 Å². The maximum Gasteiger partial charge on any atom is 0.265 e. The second kappa shape index (κ2) is 4.68. The molecule has 2 aromatic rings. The molecular weight excluding hydrogens is 301 g/mol. The van der Waals surface area contributed by atoms with Gasteiger partial charge in [-0.25, -0.2) is 8.42 Å². The number of sulfonamides is 1. The molecule has 0 unspecified atom stereocenters. The number of rotatable bonds is 3. The van der Waals surface area contributed by atoms with Crippen molar-refractivity contribution in [2.45, 2.75) is 4.90 Å². The molecule has 0 spiro atoms. The van der Waals surface area contributed by atoms with E-state index in [0.29, 0.717) is 0 Å². The molecule has 1 heterocycles. The maximum atomic E-state index is 12.1. The van der Waals surface area contributed by atoms with Gasteiger partial charge in [0, 0.05) is 5.02 Å². The smallest absolute Gasteiger partial charge is 0.265 e. The fourth-order valence-corrected chi connectivity index (χ4v) is 3.34. The zero-order valence-corrected chi connectivity index (χ0v) is 11.1. The van der Waals surface area contributed by atoms with E-state index in [9.17, 15) is 8.42 Å². The summed E-state index contributed by atoms with van der Waals surface area (Å²) in [6, 6.07) is 2.59. The summed E-state index contributed by atoms with van der Waals surface area (Å²) in [6.07, 6.45) is 2.34. The van der Waals surface area contributed by atoms with Crippen molar-refractivity contribution >= 4 is 44.6 Å². The Bertz CT molecular complexity index is 647. The number of halogens is 2. The quantitative estimate of drug-likeness (QED) is 0.848. The highest BCUT2D eigenvalue weighted by molar-refractivity contribution is 7.93. The second-order valence-electron chi connectivity index (χ2n) is 3.32. The summed E-state index contributed by atoms with van der Waals surface area (Å²) >= 11 is 11.5. The molecule has 9 heteroatoms. The summed E-state index contributed by atoms with van der Waals surface area (Å²) in [6.45, 7) is 0. The summed E-state index contributed by atoms with van der Waals surface area (Å²) in [7, 11) is -3.93. The first-order valence-corrected chi connectivity index (χ1v) is 6.81. The Morgan fingerprint density at radius 2 is 2.06 bits per heavy atom. The van der Waals surface area contributed by atoms with Crippen molar-refractivity contribution in [3.05, 3.63) is 34.6 Å². The molecule has 0 bridgehead atoms. The molecule has 0 saturated heterocycles. The van der Waals surface area contributed by atoms with Gasteiger partial charge in [-0.1, -0.05) is 28.4 Å². The van der Waals surface area contributed by atoms with Crippen LogP contribution < -0.4 is 10.5 Å². The molecule has 0 atom stereocenters. The highest BCUT2D eigenvalue weighted by Crippen LogP contribution is 2.32. The van der Waals surface area contributed by atoms with Crippen LogP contribution in [0.1, 0.15) is 0 Å². The summed E-state index contributed by atoms with van der Waals surface area (Å²) in [5, 5.41) is 3.56. The Kier molecular flexibility index (Phi) is 3.38. The molecule has 3 N–H and O–H groups in total. The first-order chi connectivity index (χ1) is 8.40. The van der Waals surface area contributed by atoms with Gasteiger partial charge in [0.15, 0.2) is 0 Å². The van der Waals surface area contributed by atoms with Crippen LogP contribution in [0.3, 0.4) is 0 Å². The zero-order valence-electron chi connectivity index (χ0n) is 8.72. The Morgan fingerprint density at radius 1 is 1.33 bits per heavy atom. The predicted molar refractivity (Wildman–Crippen MR) is 68.2 cm³/mol. The first kappa shape index (κ1) is 13.0. The normalized spacial score (nSPS) is 11.4. The SMILES string of the molecule is Nc1cc(Cl)cc(Cl)c1S(=O)(=O)Nc1cnoc1. The van der Waals surface area contributed by atoms with Gasteiger partial charge < -0.3 is 10.3 Å². The summed E-state index contributed by atoms with van der Waals surface area (Å²) < 4.78 is 30.9. The van der Waals surface area contributed by atoms with E-state index in [2.05, 4.69) is 14.4 Å². The fourth-order valence-electron chi connectivity index (χ4n) is 1.33. The van der Waals surface area contributed by atoms with Crippen LogP contribution >= 0.6 is 23.2 Å². The molecule has 96 valence electrons. The van der Waals surface area contributed by atoms with Crippen LogP contribution in [0.25, 0.3) is 0 Å². The number of benzene rings is 1. The molecule has 1 aromatic heterocycles. The number of hydrogen-bond acceptors (Lipinski definition) is 5. The average Bonchev–Trinajstić information content (AvgIpc) is 2.66. The van der Waals surface area contributed by atoms with E-state index >= 15 is 0 Å². The lowest BCUT2D eigenvalue weighted by atomic mass is 10.3. The highest BCUT2D eigenvalue weighted by Gasteiger charge is 2.22. The van der Waals surface area contributed by atoms with Crippen LogP contribution in [-0.4, -0.2) is 13.6 Å². The number of aromatic nitrogens is 1. The van der Waals surface area contributed by atoms with Crippen molar-refractivity contribution in [3.8, 4) is 0 Å². The van der Waals surface area contributed by atoms with E-state index in [1.807, 2.05) is 0 Å². The van der Waals surface area contributed by atoms with Crippen molar-refractivity contribution in [1.29, 1.82) is 0 Å². The van der Waals surface area contributed by atoms with Crippen LogP contribution in [-0.2, 0) is 10.0 Å². The van der Waals surface area contributed by atoms with Gasteiger partial charge >= 0.3 is 0 Å². The second-order valence-corrected chi connectivity index (χ2v) is 5.79. The van der Waals surface area contributed by atoms with Gasteiger partial charge in [-0.2, -0.15) is 0 Å². The summed E-state index contributed by atoms with van der Waals surface area (Å²) in [4.78, 5) is -0.241. The van der Waals surface area contributed by atoms with Crippen LogP contribution in [0.15, 0.2) is 34.0 Å². The minimum atomic E-state index is -3.93. The van der Waals surface area contributed by atoms with E-state index in [1.165, 1.54) is 18.3 Å². The van der Waals surface area contributed by atoms with Crippen molar-refractivity contribution in [2.75, 3.05) is 10.5 Å². The third-order valence-electron chi connectivity index (χ3n) is 1.99. The lowest BCUT2D eigenvalue weighted by Crippen LogP contribution is -2.15. The Morgan fingerprint density at radius 3 is 2.61 bits per heavy atom. The van der Waals surface area contributed by atoms with E-state index in [1.54, 1.807) is 0 Å². The third kappa shape index (κ3) is 2.53. The first-order valence-electron chi connectivity index (χ1n) is 4.57. The molecule has 0 aliphatic carbocycles. The lowest BCUT2D eigenvalue weighted by molar-refractivity contribution is 0.420. The molecular formula is C9H7Cl2N3O3S. The zero-order chi connectivity index (χ0) is 13.3. The number of nitrogens with zero attached hydrogens (tertiary/aromatic N) is 1. The lowest BCUT2D eigenvalue weighted by Gasteiger charge is -2.10. The molecule has 0 fully saturated rings. The topological polar surface area (TPSA) is 98.2 Å². The number of anilines is 2. The minimum Gasteiger partial charge on any atom is -0.398 e. The van der Waals surface area contributed by atoms with E-state index in [0.717, 1.165) is 6.26 Å². The van der Waals surface area contributed by atoms with Crippen molar-refractivity contribution in [2.24, 2.45) is 0 Å². The highest BCUT2D eigenvalue weighted by atomic mass is 35.5. The van der Waals surface area contributed by atoms with E-state index < -0.39 is 10.0 Å². The van der Waals surface area contributed by atoms with Crippen LogP contribution in [0.4, 0.5) is 11.4 Å². The average molecular weight is 308 g/mol. The molecule has 18 heavy (non-hydrogen) atoms. The van der Waals surface area contributed by atoms with Crippen LogP contribution in [0, 0.1) is 0 Å². The molecule has 6 nitrogen and oxygen atoms in total. The number of hydrogen-bond donors (Lipinski definition) is 2. The summed E-state index contributed by atoms with van der Waals surface area (Å²) in [5.41, 5.74) is 5.73. The number of nitrogens with two attached hydrogens (primary N) is 1. The third-order valence-corrected chi connectivity index (χ3v) is 4.12. The van der Waals surface area contributed by atoms with Gasteiger partial charge in [0.2, 0.25) is 0 Å². The number of nitrogen functional groups attached to an aromatic ring is 1. The largest absolute Gasteiger partial charge is 0.398 e. The molecule has 0 aliphatic heterocycles. The molecule has 0 saturated carbocycles. The Labute approximate surface area is 113 Å². The van der Waals surface area contributed by atoms with E-state index in [4.69, 9.17) is 28.9 Å². The van der Waals surface area contributed by atoms with Gasteiger partial charge in [-0.3, -0.25) is 4.72 Å². The molecule has 0 aliphatic rings. The van der Waals surface area contributed by atoms with Gasteiger partial charge in [0.1, 0.15) is 16.8 Å².